The first-order chi connectivity index (χ1) is 19.5. The molecular formula is C29H22N6O4S. The van der Waals surface area contributed by atoms with Gasteiger partial charge in [-0.1, -0.05) is 24.6 Å². The van der Waals surface area contributed by atoms with Crippen molar-refractivity contribution < 1.29 is 9.34 Å². The molecule has 1 aliphatic heterocycles. The van der Waals surface area contributed by atoms with E-state index in [4.69, 9.17) is 4.42 Å². The van der Waals surface area contributed by atoms with Crippen LogP contribution in [0, 0.1) is 21.4 Å². The summed E-state index contributed by atoms with van der Waals surface area (Å²) in [6.45, 7) is 0.723. The number of nitrogens with zero attached hydrogens (tertiary/aromatic N) is 6. The molecule has 0 radical (unpaired) electrons. The van der Waals surface area contributed by atoms with Crippen molar-refractivity contribution in [1.29, 1.82) is 5.26 Å². The Kier molecular flexibility index (Phi) is 6.67. The van der Waals surface area contributed by atoms with Crippen LogP contribution in [0.25, 0.3) is 28.7 Å². The molecule has 0 unspecified atom stereocenters. The molecule has 11 heteroatoms. The van der Waals surface area contributed by atoms with Gasteiger partial charge in [0.05, 0.1) is 15.1 Å². The highest BCUT2D eigenvalue weighted by Gasteiger charge is 2.21. The van der Waals surface area contributed by atoms with Crippen molar-refractivity contribution in [2.75, 3.05) is 0 Å². The molecule has 10 nitrogen and oxygen atoms in total. The maximum atomic E-state index is 13.8. The summed E-state index contributed by atoms with van der Waals surface area (Å²) >= 11 is 1.19. The molecule has 40 heavy (non-hydrogen) atoms. The lowest BCUT2D eigenvalue weighted by Gasteiger charge is -2.07. The number of para-hydroxylation sites is 1. The van der Waals surface area contributed by atoms with E-state index in [0.717, 1.165) is 38.1 Å². The first-order valence-corrected chi connectivity index (χ1v) is 13.6. The van der Waals surface area contributed by atoms with Crippen molar-refractivity contribution >= 4 is 28.7 Å². The van der Waals surface area contributed by atoms with E-state index < -0.39 is 4.92 Å². The normalized spacial score (nSPS) is 14.3. The summed E-state index contributed by atoms with van der Waals surface area (Å²) in [4.78, 5) is 24.3. The Bertz CT molecular complexity index is 1940. The van der Waals surface area contributed by atoms with Crippen LogP contribution in [0.1, 0.15) is 36.7 Å². The predicted molar refractivity (Wildman–Crippen MR) is 149 cm³/mol. The van der Waals surface area contributed by atoms with E-state index in [2.05, 4.69) is 16.3 Å². The van der Waals surface area contributed by atoms with Crippen LogP contribution in [0.4, 0.5) is 5.69 Å². The largest absolute Gasteiger partial charge is 0.457 e. The maximum Gasteiger partial charge on any atom is 0.273 e. The van der Waals surface area contributed by atoms with E-state index in [1.54, 1.807) is 30.3 Å². The Morgan fingerprint density at radius 1 is 1.05 bits per heavy atom. The minimum atomic E-state index is -0.458. The van der Waals surface area contributed by atoms with Crippen molar-refractivity contribution in [1.82, 2.24) is 19.3 Å². The molecular weight excluding hydrogens is 528 g/mol. The van der Waals surface area contributed by atoms with Gasteiger partial charge in [-0.2, -0.15) is 5.26 Å². The zero-order valence-corrected chi connectivity index (χ0v) is 22.0. The van der Waals surface area contributed by atoms with Crippen LogP contribution in [0.15, 0.2) is 75.9 Å². The quantitative estimate of drug-likeness (QED) is 0.239. The topological polar surface area (TPSA) is 133 Å². The third-order valence-electron chi connectivity index (χ3n) is 6.76. The molecule has 0 fully saturated rings. The number of nitriles is 1. The molecule has 5 aromatic rings. The average molecular weight is 551 g/mol. The van der Waals surface area contributed by atoms with Gasteiger partial charge in [-0.25, -0.2) is 0 Å². The van der Waals surface area contributed by atoms with Crippen LogP contribution >= 0.6 is 11.3 Å². The number of nitro groups is 1. The van der Waals surface area contributed by atoms with Gasteiger partial charge in [-0.05, 0) is 49.2 Å². The summed E-state index contributed by atoms with van der Waals surface area (Å²) in [6.07, 6.45) is 5.53. The number of thiazole rings is 1. The number of furan rings is 1. The van der Waals surface area contributed by atoms with Gasteiger partial charge in [0.15, 0.2) is 5.82 Å². The number of fused-ring (bicyclic) bond motifs is 1. The first-order valence-electron chi connectivity index (χ1n) is 12.7. The number of non-ortho nitro benzene ring substituents is 1. The molecule has 0 saturated carbocycles. The lowest BCUT2D eigenvalue weighted by molar-refractivity contribution is -0.384. The lowest BCUT2D eigenvalue weighted by atomic mass is 10.1. The molecule has 4 heterocycles. The number of benzene rings is 2. The second-order valence-electron chi connectivity index (χ2n) is 9.29. The highest BCUT2D eigenvalue weighted by molar-refractivity contribution is 7.07. The van der Waals surface area contributed by atoms with Crippen LogP contribution in [-0.4, -0.2) is 24.3 Å². The zero-order chi connectivity index (χ0) is 27.6. The molecule has 1 aliphatic rings. The zero-order valence-electron chi connectivity index (χ0n) is 21.2. The van der Waals surface area contributed by atoms with Gasteiger partial charge < -0.3 is 8.98 Å². The minimum Gasteiger partial charge on any atom is -0.457 e. The highest BCUT2D eigenvalue weighted by Crippen LogP contribution is 2.25. The van der Waals surface area contributed by atoms with Gasteiger partial charge in [0.25, 0.3) is 11.2 Å². The molecule has 0 N–H and O–H groups in total. The van der Waals surface area contributed by atoms with Crippen molar-refractivity contribution in [2.24, 2.45) is 0 Å². The molecule has 0 aliphatic carbocycles. The SMILES string of the molecule is N#CC(c1nnc2n1CCCCC2)=c1sc(=Cc2ccc(-c3ccc([N+](=O)[O-])cc3)o2)c(=O)n1-c1ccccc1. The minimum absolute atomic E-state index is 0.0104. The fraction of sp³-hybridized carbons (Fsp3) is 0.172. The third-order valence-corrected chi connectivity index (χ3v) is 7.85. The highest BCUT2D eigenvalue weighted by atomic mass is 32.1. The van der Waals surface area contributed by atoms with Gasteiger partial charge in [0.1, 0.15) is 33.7 Å². The Morgan fingerprint density at radius 2 is 1.85 bits per heavy atom. The predicted octanol–water partition coefficient (Wildman–Crippen LogP) is 3.94. The summed E-state index contributed by atoms with van der Waals surface area (Å²) in [5, 5.41) is 30.0. The van der Waals surface area contributed by atoms with Crippen LogP contribution in [0.3, 0.4) is 0 Å². The van der Waals surface area contributed by atoms with Crippen LogP contribution in [0.5, 0.6) is 0 Å². The van der Waals surface area contributed by atoms with E-state index in [9.17, 15) is 20.2 Å². The van der Waals surface area contributed by atoms with Gasteiger partial charge in [-0.3, -0.25) is 19.5 Å². The molecule has 198 valence electrons. The molecule has 3 aromatic heterocycles. The number of nitro benzene ring substituents is 1. The van der Waals surface area contributed by atoms with Gasteiger partial charge in [0.2, 0.25) is 0 Å². The van der Waals surface area contributed by atoms with Crippen LogP contribution in [0.2, 0.25) is 0 Å². The van der Waals surface area contributed by atoms with Gasteiger partial charge in [-0.15, -0.1) is 21.5 Å². The summed E-state index contributed by atoms with van der Waals surface area (Å²) in [6, 6.07) is 21.0. The van der Waals surface area contributed by atoms with Crippen LogP contribution in [-0.2, 0) is 13.0 Å². The molecule has 0 bridgehead atoms. The first kappa shape index (κ1) is 25.2. The molecule has 0 spiro atoms. The lowest BCUT2D eigenvalue weighted by Crippen LogP contribution is -2.31. The number of hydrogen-bond donors (Lipinski definition) is 0. The Labute approximate surface area is 231 Å². The van der Waals surface area contributed by atoms with Crippen molar-refractivity contribution in [3.8, 4) is 23.1 Å². The number of hydrogen-bond acceptors (Lipinski definition) is 8. The van der Waals surface area contributed by atoms with Crippen molar-refractivity contribution in [3.63, 3.8) is 0 Å². The monoisotopic (exact) mass is 550 g/mol. The Balaban J connectivity index is 1.52. The summed E-state index contributed by atoms with van der Waals surface area (Å²) in [5.74, 6) is 2.27. The summed E-state index contributed by atoms with van der Waals surface area (Å²) < 4.78 is 10.3. The maximum absolute atomic E-state index is 13.8. The van der Waals surface area contributed by atoms with Crippen molar-refractivity contribution in [3.05, 3.63) is 114 Å². The fourth-order valence-electron chi connectivity index (χ4n) is 4.79. The van der Waals surface area contributed by atoms with E-state index in [-0.39, 0.29) is 16.8 Å². The van der Waals surface area contributed by atoms with Crippen molar-refractivity contribution in [2.45, 2.75) is 32.2 Å². The molecule has 0 amide bonds. The second kappa shape index (κ2) is 10.6. The summed E-state index contributed by atoms with van der Waals surface area (Å²) in [5.41, 5.74) is 1.29. The molecule has 0 saturated heterocycles. The Hall–Kier alpha value is -5.08. The smallest absolute Gasteiger partial charge is 0.273 e. The second-order valence-corrected chi connectivity index (χ2v) is 10.3. The van der Waals surface area contributed by atoms with Gasteiger partial charge >= 0.3 is 0 Å². The van der Waals surface area contributed by atoms with E-state index >= 15 is 0 Å². The van der Waals surface area contributed by atoms with E-state index in [0.29, 0.717) is 37.8 Å². The molecule has 0 atom stereocenters. The summed E-state index contributed by atoms with van der Waals surface area (Å²) in [7, 11) is 0. The third kappa shape index (κ3) is 4.65. The van der Waals surface area contributed by atoms with Crippen LogP contribution < -0.4 is 14.8 Å². The Morgan fingerprint density at radius 3 is 2.60 bits per heavy atom. The van der Waals surface area contributed by atoms with E-state index in [1.807, 2.05) is 34.9 Å². The molecule has 6 rings (SSSR count). The number of rotatable bonds is 5. The fourth-order valence-corrected chi connectivity index (χ4v) is 5.87. The standard InChI is InChI=1S/C29H22N6O4S/c30-18-23(27-32-31-26-9-5-2-6-16-33(26)27)29-34(20-7-3-1-4-8-20)28(36)25(40-29)17-22-14-15-24(39-22)19-10-12-21(13-11-19)35(37)38/h1,3-4,7-8,10-15,17H,2,5-6,9,16H2. The molecule has 2 aromatic carbocycles. The van der Waals surface area contributed by atoms with E-state index in [1.165, 1.54) is 28.0 Å². The number of aromatic nitrogens is 4. The average Bonchev–Trinajstić information content (AvgIpc) is 3.63. The van der Waals surface area contributed by atoms with Gasteiger partial charge in [0, 0.05) is 36.7 Å². The number of aryl methyl sites for hydroxylation is 1.